The fourth-order valence-corrected chi connectivity index (χ4v) is 2.24. The van der Waals surface area contributed by atoms with Crippen molar-refractivity contribution in [3.05, 3.63) is 46.0 Å². The minimum Gasteiger partial charge on any atom is -0.341 e. The summed E-state index contributed by atoms with van der Waals surface area (Å²) in [5, 5.41) is 3.73. The van der Waals surface area contributed by atoms with Gasteiger partial charge in [0.25, 0.3) is 0 Å². The van der Waals surface area contributed by atoms with Crippen LogP contribution in [0.1, 0.15) is 30.1 Å². The van der Waals surface area contributed by atoms with E-state index in [1.54, 1.807) is 11.8 Å². The van der Waals surface area contributed by atoms with Crippen LogP contribution in [-0.2, 0) is 17.8 Å². The summed E-state index contributed by atoms with van der Waals surface area (Å²) in [4.78, 5) is 17.9. The third-order valence-corrected chi connectivity index (χ3v) is 3.64. The lowest BCUT2D eigenvalue weighted by atomic mass is 10.2. The average Bonchev–Trinajstić information content (AvgIpc) is 2.87. The number of benzene rings is 1. The van der Waals surface area contributed by atoms with Crippen molar-refractivity contribution in [2.75, 3.05) is 7.05 Å². The van der Waals surface area contributed by atoms with Gasteiger partial charge in [-0.2, -0.15) is 4.98 Å². The highest BCUT2D eigenvalue weighted by molar-refractivity contribution is 9.10. The highest BCUT2D eigenvalue weighted by atomic mass is 79.9. The maximum atomic E-state index is 12.1. The SMILES string of the molecule is Cc1noc(CCCC(=O)N(C)Cc2ccc(Br)cc2)n1. The Hall–Kier alpha value is -1.69. The van der Waals surface area contributed by atoms with Crippen LogP contribution in [-0.4, -0.2) is 28.0 Å². The first-order valence-electron chi connectivity index (χ1n) is 6.82. The lowest BCUT2D eigenvalue weighted by Gasteiger charge is -2.17. The molecule has 0 unspecified atom stereocenters. The molecule has 0 spiro atoms. The third-order valence-electron chi connectivity index (χ3n) is 3.11. The van der Waals surface area contributed by atoms with Crippen molar-refractivity contribution in [3.63, 3.8) is 0 Å². The van der Waals surface area contributed by atoms with Gasteiger partial charge in [-0.15, -0.1) is 0 Å². The highest BCUT2D eigenvalue weighted by Gasteiger charge is 2.10. The monoisotopic (exact) mass is 351 g/mol. The standard InChI is InChI=1S/C15H18BrN3O2/c1-11-17-14(21-18-11)4-3-5-15(20)19(2)10-12-6-8-13(16)9-7-12/h6-9H,3-5,10H2,1-2H3. The van der Waals surface area contributed by atoms with E-state index in [0.717, 1.165) is 10.0 Å². The topological polar surface area (TPSA) is 59.2 Å². The molecule has 0 saturated heterocycles. The van der Waals surface area contributed by atoms with Crippen molar-refractivity contribution < 1.29 is 9.32 Å². The Bertz CT molecular complexity index is 595. The van der Waals surface area contributed by atoms with Gasteiger partial charge >= 0.3 is 0 Å². The average molecular weight is 352 g/mol. The minimum absolute atomic E-state index is 0.120. The van der Waals surface area contributed by atoms with E-state index >= 15 is 0 Å². The summed E-state index contributed by atoms with van der Waals surface area (Å²) in [5.74, 6) is 1.34. The summed E-state index contributed by atoms with van der Waals surface area (Å²) in [6.45, 7) is 2.40. The molecule has 0 radical (unpaired) electrons. The molecule has 21 heavy (non-hydrogen) atoms. The molecule has 0 N–H and O–H groups in total. The Morgan fingerprint density at radius 3 is 2.67 bits per heavy atom. The molecule has 2 rings (SSSR count). The summed E-state index contributed by atoms with van der Waals surface area (Å²) < 4.78 is 6.06. The van der Waals surface area contributed by atoms with Gasteiger partial charge in [-0.25, -0.2) is 0 Å². The molecular formula is C15H18BrN3O2. The first kappa shape index (κ1) is 15.7. The Morgan fingerprint density at radius 2 is 2.05 bits per heavy atom. The molecule has 0 saturated carbocycles. The van der Waals surface area contributed by atoms with Gasteiger partial charge in [0.1, 0.15) is 0 Å². The van der Waals surface area contributed by atoms with Crippen LogP contribution in [0.2, 0.25) is 0 Å². The second-order valence-corrected chi connectivity index (χ2v) is 5.88. The molecule has 0 bridgehead atoms. The normalized spacial score (nSPS) is 10.6. The maximum Gasteiger partial charge on any atom is 0.226 e. The molecule has 0 fully saturated rings. The van der Waals surface area contributed by atoms with E-state index in [-0.39, 0.29) is 5.91 Å². The van der Waals surface area contributed by atoms with Gasteiger partial charge in [0.2, 0.25) is 11.8 Å². The number of nitrogens with zero attached hydrogens (tertiary/aromatic N) is 3. The van der Waals surface area contributed by atoms with Crippen LogP contribution in [0.5, 0.6) is 0 Å². The molecule has 1 aromatic heterocycles. The number of rotatable bonds is 6. The summed E-state index contributed by atoms with van der Waals surface area (Å²) in [7, 11) is 1.82. The number of hydrogen-bond donors (Lipinski definition) is 0. The summed E-state index contributed by atoms with van der Waals surface area (Å²) in [6.07, 6.45) is 1.83. The summed E-state index contributed by atoms with van der Waals surface area (Å²) >= 11 is 3.40. The molecular weight excluding hydrogens is 334 g/mol. The molecule has 0 atom stereocenters. The van der Waals surface area contributed by atoms with Crippen LogP contribution in [0, 0.1) is 6.92 Å². The molecule has 0 aliphatic rings. The fraction of sp³-hybridized carbons (Fsp3) is 0.400. The Morgan fingerprint density at radius 1 is 1.33 bits per heavy atom. The van der Waals surface area contributed by atoms with Crippen LogP contribution in [0.4, 0.5) is 0 Å². The molecule has 0 aliphatic heterocycles. The smallest absolute Gasteiger partial charge is 0.226 e. The van der Waals surface area contributed by atoms with Gasteiger partial charge in [-0.05, 0) is 31.0 Å². The number of aromatic nitrogens is 2. The molecule has 5 nitrogen and oxygen atoms in total. The van der Waals surface area contributed by atoms with E-state index in [0.29, 0.717) is 37.5 Å². The zero-order valence-corrected chi connectivity index (χ0v) is 13.8. The van der Waals surface area contributed by atoms with Crippen LogP contribution in [0.15, 0.2) is 33.3 Å². The van der Waals surface area contributed by atoms with Crippen molar-refractivity contribution >= 4 is 21.8 Å². The largest absolute Gasteiger partial charge is 0.341 e. The van der Waals surface area contributed by atoms with Gasteiger partial charge in [0, 0.05) is 30.9 Å². The van der Waals surface area contributed by atoms with E-state index in [9.17, 15) is 4.79 Å². The van der Waals surface area contributed by atoms with Crippen LogP contribution in [0.25, 0.3) is 0 Å². The molecule has 0 aliphatic carbocycles. The van der Waals surface area contributed by atoms with Gasteiger partial charge in [-0.3, -0.25) is 4.79 Å². The van der Waals surface area contributed by atoms with Gasteiger partial charge in [0.05, 0.1) is 0 Å². The zero-order valence-electron chi connectivity index (χ0n) is 12.2. The Labute approximate surface area is 132 Å². The highest BCUT2D eigenvalue weighted by Crippen LogP contribution is 2.12. The maximum absolute atomic E-state index is 12.1. The lowest BCUT2D eigenvalue weighted by molar-refractivity contribution is -0.130. The van der Waals surface area contributed by atoms with Gasteiger partial charge in [0.15, 0.2) is 5.82 Å². The number of aryl methyl sites for hydroxylation is 2. The molecule has 6 heteroatoms. The number of halogens is 1. The Balaban J connectivity index is 1.75. The van der Waals surface area contributed by atoms with Crippen molar-refractivity contribution in [1.29, 1.82) is 0 Å². The second kappa shape index (κ2) is 7.36. The minimum atomic E-state index is 0.120. The molecule has 1 amide bonds. The van der Waals surface area contributed by atoms with Gasteiger partial charge < -0.3 is 9.42 Å². The van der Waals surface area contributed by atoms with Crippen LogP contribution >= 0.6 is 15.9 Å². The summed E-state index contributed by atoms with van der Waals surface area (Å²) in [6, 6.07) is 7.97. The lowest BCUT2D eigenvalue weighted by Crippen LogP contribution is -2.25. The van der Waals surface area contributed by atoms with Crippen LogP contribution in [0.3, 0.4) is 0 Å². The van der Waals surface area contributed by atoms with Crippen molar-refractivity contribution in [1.82, 2.24) is 15.0 Å². The van der Waals surface area contributed by atoms with E-state index in [2.05, 4.69) is 26.1 Å². The van der Waals surface area contributed by atoms with Crippen molar-refractivity contribution in [2.24, 2.45) is 0 Å². The quantitative estimate of drug-likeness (QED) is 0.802. The van der Waals surface area contributed by atoms with E-state index in [1.165, 1.54) is 0 Å². The Kier molecular flexibility index (Phi) is 5.50. The number of carbonyl (C=O) groups is 1. The molecule has 1 heterocycles. The van der Waals surface area contributed by atoms with Crippen molar-refractivity contribution in [3.8, 4) is 0 Å². The number of hydrogen-bond acceptors (Lipinski definition) is 4. The van der Waals surface area contributed by atoms with E-state index < -0.39 is 0 Å². The molecule has 1 aromatic carbocycles. The summed E-state index contributed by atoms with van der Waals surface area (Å²) in [5.41, 5.74) is 1.11. The van der Waals surface area contributed by atoms with Crippen molar-refractivity contribution in [2.45, 2.75) is 32.7 Å². The predicted molar refractivity (Wildman–Crippen MR) is 82.6 cm³/mol. The number of amides is 1. The predicted octanol–water partition coefficient (Wildman–Crippen LogP) is 3.12. The first-order chi connectivity index (χ1) is 10.0. The van der Waals surface area contributed by atoms with Gasteiger partial charge in [-0.1, -0.05) is 33.2 Å². The number of carbonyl (C=O) groups excluding carboxylic acids is 1. The van der Waals surface area contributed by atoms with E-state index in [1.807, 2.05) is 31.3 Å². The van der Waals surface area contributed by atoms with E-state index in [4.69, 9.17) is 4.52 Å². The fourth-order valence-electron chi connectivity index (χ4n) is 1.98. The third kappa shape index (κ3) is 4.97. The molecule has 112 valence electrons. The first-order valence-corrected chi connectivity index (χ1v) is 7.61. The second-order valence-electron chi connectivity index (χ2n) is 4.97. The van der Waals surface area contributed by atoms with Crippen LogP contribution < -0.4 is 0 Å². The zero-order chi connectivity index (χ0) is 15.2. The molecule has 2 aromatic rings.